The normalized spacial score (nSPS) is 52.2. The van der Waals surface area contributed by atoms with Crippen LogP contribution in [0.1, 0.15) is 32.6 Å². The summed E-state index contributed by atoms with van der Waals surface area (Å²) in [7, 11) is 0. The van der Waals surface area contributed by atoms with Crippen molar-refractivity contribution in [1.82, 2.24) is 0 Å². The predicted molar refractivity (Wildman–Crippen MR) is 40.6 cm³/mol. The highest BCUT2D eigenvalue weighted by atomic mass is 16.6. The number of hydrogen-bond acceptors (Lipinski definition) is 1. The van der Waals surface area contributed by atoms with Gasteiger partial charge in [-0.1, -0.05) is 13.3 Å². The van der Waals surface area contributed by atoms with Crippen LogP contribution in [0.25, 0.3) is 0 Å². The Balaban J connectivity index is 1.96. The van der Waals surface area contributed by atoms with Gasteiger partial charge in [-0.25, -0.2) is 0 Å². The highest BCUT2D eigenvalue weighted by Gasteiger charge is 2.54. The Morgan fingerprint density at radius 3 is 3.00 bits per heavy atom. The molecule has 0 aromatic heterocycles. The SMILES string of the molecule is [CH2]CC1CCC2OC2(C)C1. The summed E-state index contributed by atoms with van der Waals surface area (Å²) in [5.41, 5.74) is 0.278. The van der Waals surface area contributed by atoms with E-state index in [0.717, 1.165) is 12.3 Å². The molecule has 1 aliphatic carbocycles. The second kappa shape index (κ2) is 1.97. The Kier molecular flexibility index (Phi) is 1.31. The maximum Gasteiger partial charge on any atom is 0.0923 e. The van der Waals surface area contributed by atoms with Crippen molar-refractivity contribution in [1.29, 1.82) is 0 Å². The summed E-state index contributed by atoms with van der Waals surface area (Å²) in [5.74, 6) is 0.837. The third kappa shape index (κ3) is 0.878. The van der Waals surface area contributed by atoms with E-state index in [1.54, 1.807) is 0 Å². The minimum absolute atomic E-state index is 0.278. The summed E-state index contributed by atoms with van der Waals surface area (Å²) in [6, 6.07) is 0. The van der Waals surface area contributed by atoms with Crippen molar-refractivity contribution in [3.05, 3.63) is 6.92 Å². The van der Waals surface area contributed by atoms with Crippen LogP contribution >= 0.6 is 0 Å². The molecule has 0 aromatic carbocycles. The zero-order valence-corrected chi connectivity index (χ0v) is 6.60. The standard InChI is InChI=1S/C9H15O/c1-3-7-4-5-8-9(2,6-7)10-8/h7-8H,1,3-6H2,2H3. The van der Waals surface area contributed by atoms with Crippen molar-refractivity contribution in [2.75, 3.05) is 0 Å². The molecule has 3 unspecified atom stereocenters. The summed E-state index contributed by atoms with van der Waals surface area (Å²) >= 11 is 0. The molecule has 1 radical (unpaired) electrons. The highest BCUT2D eigenvalue weighted by molar-refractivity contribution is 5.03. The molecule has 57 valence electrons. The largest absolute Gasteiger partial charge is 0.366 e. The molecule has 2 rings (SSSR count). The van der Waals surface area contributed by atoms with Crippen LogP contribution in [-0.2, 0) is 4.74 Å². The Morgan fingerprint density at radius 1 is 1.60 bits per heavy atom. The first-order valence-electron chi connectivity index (χ1n) is 4.22. The fourth-order valence-electron chi connectivity index (χ4n) is 2.14. The minimum atomic E-state index is 0.278. The van der Waals surface area contributed by atoms with Crippen molar-refractivity contribution in [2.24, 2.45) is 5.92 Å². The summed E-state index contributed by atoms with van der Waals surface area (Å²) in [6.07, 6.45) is 5.56. The van der Waals surface area contributed by atoms with Crippen molar-refractivity contribution in [2.45, 2.75) is 44.3 Å². The van der Waals surface area contributed by atoms with Crippen molar-refractivity contribution in [3.63, 3.8) is 0 Å². The van der Waals surface area contributed by atoms with E-state index in [4.69, 9.17) is 4.74 Å². The molecule has 10 heavy (non-hydrogen) atoms. The molecule has 2 fully saturated rings. The van der Waals surface area contributed by atoms with E-state index >= 15 is 0 Å². The molecular formula is C9H15O. The van der Waals surface area contributed by atoms with Gasteiger partial charge in [-0.05, 0) is 32.1 Å². The van der Waals surface area contributed by atoms with Gasteiger partial charge in [0.25, 0.3) is 0 Å². The van der Waals surface area contributed by atoms with Gasteiger partial charge < -0.3 is 4.74 Å². The molecule has 1 saturated carbocycles. The summed E-state index contributed by atoms with van der Waals surface area (Å²) in [6.45, 7) is 6.17. The monoisotopic (exact) mass is 139 g/mol. The summed E-state index contributed by atoms with van der Waals surface area (Å²) < 4.78 is 5.57. The molecule has 1 saturated heterocycles. The Morgan fingerprint density at radius 2 is 2.40 bits per heavy atom. The number of epoxide rings is 1. The van der Waals surface area contributed by atoms with E-state index in [2.05, 4.69) is 13.8 Å². The van der Waals surface area contributed by atoms with E-state index < -0.39 is 0 Å². The van der Waals surface area contributed by atoms with Crippen LogP contribution in [0.2, 0.25) is 0 Å². The van der Waals surface area contributed by atoms with Gasteiger partial charge in [0.15, 0.2) is 0 Å². The molecule has 0 bridgehead atoms. The molecule has 1 aliphatic heterocycles. The zero-order chi connectivity index (χ0) is 7.19. The second-order valence-electron chi connectivity index (χ2n) is 3.86. The van der Waals surface area contributed by atoms with Crippen LogP contribution in [0, 0.1) is 12.8 Å². The lowest BCUT2D eigenvalue weighted by atomic mass is 9.81. The van der Waals surface area contributed by atoms with E-state index in [1.165, 1.54) is 19.3 Å². The van der Waals surface area contributed by atoms with Crippen LogP contribution in [0.4, 0.5) is 0 Å². The predicted octanol–water partition coefficient (Wildman–Crippen LogP) is 2.17. The lowest BCUT2D eigenvalue weighted by molar-refractivity contribution is 0.274. The Bertz CT molecular complexity index is 144. The molecule has 1 heterocycles. The summed E-state index contributed by atoms with van der Waals surface area (Å²) in [5, 5.41) is 0. The van der Waals surface area contributed by atoms with Crippen molar-refractivity contribution < 1.29 is 4.74 Å². The zero-order valence-electron chi connectivity index (χ0n) is 6.60. The van der Waals surface area contributed by atoms with Crippen LogP contribution < -0.4 is 0 Å². The first-order valence-corrected chi connectivity index (χ1v) is 4.22. The van der Waals surface area contributed by atoms with E-state index in [0.29, 0.717) is 6.10 Å². The molecular weight excluding hydrogens is 124 g/mol. The minimum Gasteiger partial charge on any atom is -0.366 e. The molecule has 1 heteroatoms. The van der Waals surface area contributed by atoms with Gasteiger partial charge in [-0.3, -0.25) is 0 Å². The van der Waals surface area contributed by atoms with Crippen LogP contribution in [0.3, 0.4) is 0 Å². The lowest BCUT2D eigenvalue weighted by Crippen LogP contribution is -2.21. The Labute approximate surface area is 62.8 Å². The third-order valence-electron chi connectivity index (χ3n) is 2.97. The number of rotatable bonds is 1. The van der Waals surface area contributed by atoms with E-state index in [-0.39, 0.29) is 5.60 Å². The maximum atomic E-state index is 5.57. The smallest absolute Gasteiger partial charge is 0.0923 e. The molecule has 0 aromatic rings. The molecule has 0 amide bonds. The molecule has 3 atom stereocenters. The first-order chi connectivity index (χ1) is 4.74. The average molecular weight is 139 g/mol. The summed E-state index contributed by atoms with van der Waals surface area (Å²) in [4.78, 5) is 0. The van der Waals surface area contributed by atoms with Crippen molar-refractivity contribution >= 4 is 0 Å². The Hall–Kier alpha value is -0.0400. The quantitative estimate of drug-likeness (QED) is 0.507. The van der Waals surface area contributed by atoms with Gasteiger partial charge in [0.2, 0.25) is 0 Å². The molecule has 2 aliphatic rings. The highest BCUT2D eigenvalue weighted by Crippen LogP contribution is 2.49. The van der Waals surface area contributed by atoms with Crippen LogP contribution in [-0.4, -0.2) is 11.7 Å². The average Bonchev–Trinajstić information content (AvgIpc) is 2.58. The van der Waals surface area contributed by atoms with Gasteiger partial charge >= 0.3 is 0 Å². The van der Waals surface area contributed by atoms with Gasteiger partial charge in [-0.15, -0.1) is 0 Å². The molecule has 0 spiro atoms. The van der Waals surface area contributed by atoms with Gasteiger partial charge in [-0.2, -0.15) is 0 Å². The van der Waals surface area contributed by atoms with E-state index in [9.17, 15) is 0 Å². The number of ether oxygens (including phenoxy) is 1. The topological polar surface area (TPSA) is 12.5 Å². The molecule has 0 N–H and O–H groups in total. The van der Waals surface area contributed by atoms with E-state index in [1.807, 2.05) is 0 Å². The maximum absolute atomic E-state index is 5.57. The second-order valence-corrected chi connectivity index (χ2v) is 3.86. The van der Waals surface area contributed by atoms with Gasteiger partial charge in [0.05, 0.1) is 11.7 Å². The van der Waals surface area contributed by atoms with Crippen LogP contribution in [0.5, 0.6) is 0 Å². The van der Waals surface area contributed by atoms with Crippen LogP contribution in [0.15, 0.2) is 0 Å². The number of fused-ring (bicyclic) bond motifs is 1. The van der Waals surface area contributed by atoms with Gasteiger partial charge in [0, 0.05) is 0 Å². The van der Waals surface area contributed by atoms with Gasteiger partial charge in [0.1, 0.15) is 0 Å². The molecule has 1 nitrogen and oxygen atoms in total. The van der Waals surface area contributed by atoms with Crippen molar-refractivity contribution in [3.8, 4) is 0 Å². The first kappa shape index (κ1) is 6.66. The number of hydrogen-bond donors (Lipinski definition) is 0. The third-order valence-corrected chi connectivity index (χ3v) is 2.97. The fourth-order valence-corrected chi connectivity index (χ4v) is 2.14. The fraction of sp³-hybridized carbons (Fsp3) is 0.889. The lowest BCUT2D eigenvalue weighted by Gasteiger charge is -2.21.